The molecule has 11 heteroatoms. The van der Waals surface area contributed by atoms with Crippen molar-refractivity contribution in [3.8, 4) is 11.5 Å². The molecule has 1 saturated heterocycles. The van der Waals surface area contributed by atoms with E-state index in [1.165, 1.54) is 36.9 Å². The van der Waals surface area contributed by atoms with E-state index in [1.807, 2.05) is 0 Å². The van der Waals surface area contributed by atoms with Crippen molar-refractivity contribution >= 4 is 27.6 Å². The molecule has 0 aromatic heterocycles. The monoisotopic (exact) mass is 434 g/mol. The van der Waals surface area contributed by atoms with Gasteiger partial charge in [0.15, 0.2) is 11.5 Å². The van der Waals surface area contributed by atoms with Crippen molar-refractivity contribution in [3.63, 3.8) is 0 Å². The molecular formula is C19H22N4O6S. The first-order valence-electron chi connectivity index (χ1n) is 9.16. The highest BCUT2D eigenvalue weighted by Crippen LogP contribution is 2.30. The summed E-state index contributed by atoms with van der Waals surface area (Å²) in [4.78, 5) is 10.7. The minimum Gasteiger partial charge on any atom is -0.493 e. The maximum Gasteiger partial charge on any atom is 0.295 e. The van der Waals surface area contributed by atoms with E-state index < -0.39 is 14.9 Å². The molecule has 0 saturated carbocycles. The van der Waals surface area contributed by atoms with Crippen molar-refractivity contribution in [2.75, 3.05) is 32.7 Å². The lowest BCUT2D eigenvalue weighted by atomic mass is 10.2. The van der Waals surface area contributed by atoms with Gasteiger partial charge in [0, 0.05) is 19.2 Å². The van der Waals surface area contributed by atoms with E-state index in [4.69, 9.17) is 9.47 Å². The van der Waals surface area contributed by atoms with Gasteiger partial charge in [0.05, 0.1) is 30.3 Å². The summed E-state index contributed by atoms with van der Waals surface area (Å²) in [5.41, 5.74) is 2.99. The number of hydrogen-bond acceptors (Lipinski definition) is 8. The third-order valence-corrected chi connectivity index (χ3v) is 6.57. The lowest BCUT2D eigenvalue weighted by Crippen LogP contribution is -2.27. The molecule has 0 aliphatic carbocycles. The highest BCUT2D eigenvalue weighted by Gasteiger charge is 2.29. The molecule has 0 unspecified atom stereocenters. The molecule has 160 valence electrons. The summed E-state index contributed by atoms with van der Waals surface area (Å²) in [7, 11) is -0.713. The van der Waals surface area contributed by atoms with Gasteiger partial charge in [-0.2, -0.15) is 9.41 Å². The van der Waals surface area contributed by atoms with Crippen LogP contribution in [-0.4, -0.2) is 51.2 Å². The fraction of sp³-hybridized carbons (Fsp3) is 0.316. The molecule has 0 bridgehead atoms. The molecule has 3 rings (SSSR count). The summed E-state index contributed by atoms with van der Waals surface area (Å²) in [5.74, 6) is 1.08. The van der Waals surface area contributed by atoms with E-state index in [2.05, 4.69) is 10.5 Å². The van der Waals surface area contributed by atoms with Crippen LogP contribution >= 0.6 is 0 Å². The van der Waals surface area contributed by atoms with Gasteiger partial charge < -0.3 is 9.47 Å². The third kappa shape index (κ3) is 4.52. The van der Waals surface area contributed by atoms with E-state index in [9.17, 15) is 18.5 Å². The molecule has 1 fully saturated rings. The topological polar surface area (TPSA) is 123 Å². The molecule has 0 atom stereocenters. The van der Waals surface area contributed by atoms with Crippen LogP contribution in [-0.2, 0) is 10.0 Å². The summed E-state index contributed by atoms with van der Waals surface area (Å²) >= 11 is 0. The van der Waals surface area contributed by atoms with Crippen LogP contribution in [0, 0.1) is 10.1 Å². The molecule has 0 radical (unpaired) electrons. The number of nitrogens with zero attached hydrogens (tertiary/aromatic N) is 3. The largest absolute Gasteiger partial charge is 0.493 e. The molecule has 10 nitrogen and oxygen atoms in total. The Morgan fingerprint density at radius 1 is 1.10 bits per heavy atom. The van der Waals surface area contributed by atoms with Crippen LogP contribution in [0.4, 0.5) is 11.4 Å². The lowest BCUT2D eigenvalue weighted by Gasteiger charge is -2.15. The zero-order chi connectivity index (χ0) is 21.7. The van der Waals surface area contributed by atoms with Crippen molar-refractivity contribution in [1.82, 2.24) is 4.31 Å². The van der Waals surface area contributed by atoms with Crippen molar-refractivity contribution < 1.29 is 22.8 Å². The number of nitrogens with one attached hydrogen (secondary N) is 1. The molecule has 1 aliphatic heterocycles. The number of benzene rings is 2. The first-order valence-corrected chi connectivity index (χ1v) is 10.6. The van der Waals surface area contributed by atoms with Gasteiger partial charge in [-0.1, -0.05) is 0 Å². The van der Waals surface area contributed by atoms with E-state index in [0.717, 1.165) is 18.9 Å². The lowest BCUT2D eigenvalue weighted by molar-refractivity contribution is -0.384. The van der Waals surface area contributed by atoms with Crippen LogP contribution in [0.2, 0.25) is 0 Å². The number of hydrazone groups is 1. The molecule has 1 heterocycles. The molecule has 1 N–H and O–H groups in total. The van der Waals surface area contributed by atoms with Crippen LogP contribution in [0.25, 0.3) is 0 Å². The SMILES string of the molecule is COc1ccc(/C=N\Nc2ccc(S(=O)(=O)N3CCCC3)cc2[N+](=O)[O-])cc1OC. The zero-order valence-electron chi connectivity index (χ0n) is 16.6. The van der Waals surface area contributed by atoms with Gasteiger partial charge in [0.25, 0.3) is 5.69 Å². The fourth-order valence-electron chi connectivity index (χ4n) is 3.10. The van der Waals surface area contributed by atoms with Crippen molar-refractivity contribution in [1.29, 1.82) is 0 Å². The second kappa shape index (κ2) is 9.09. The molecule has 0 spiro atoms. The van der Waals surface area contributed by atoms with Crippen molar-refractivity contribution in [2.45, 2.75) is 17.7 Å². The number of ether oxygens (including phenoxy) is 2. The van der Waals surface area contributed by atoms with Gasteiger partial charge in [0.2, 0.25) is 10.0 Å². The Bertz CT molecular complexity index is 1060. The summed E-state index contributed by atoms with van der Waals surface area (Å²) in [5, 5.41) is 15.5. The van der Waals surface area contributed by atoms with Gasteiger partial charge in [-0.25, -0.2) is 8.42 Å². The van der Waals surface area contributed by atoms with Crippen LogP contribution < -0.4 is 14.9 Å². The maximum atomic E-state index is 12.7. The zero-order valence-corrected chi connectivity index (χ0v) is 17.4. The number of rotatable bonds is 8. The molecule has 0 amide bonds. The number of nitro groups is 1. The van der Waals surface area contributed by atoms with Gasteiger partial charge in [0.1, 0.15) is 5.69 Å². The number of anilines is 1. The Kier molecular flexibility index (Phi) is 6.53. The van der Waals surface area contributed by atoms with Crippen LogP contribution in [0.1, 0.15) is 18.4 Å². The highest BCUT2D eigenvalue weighted by atomic mass is 32.2. The Labute approximate surface area is 174 Å². The van der Waals surface area contributed by atoms with Gasteiger partial charge >= 0.3 is 0 Å². The van der Waals surface area contributed by atoms with E-state index >= 15 is 0 Å². The maximum absolute atomic E-state index is 12.7. The Hall–Kier alpha value is -3.18. The summed E-state index contributed by atoms with van der Waals surface area (Å²) in [6.45, 7) is 0.845. The Morgan fingerprint density at radius 3 is 2.43 bits per heavy atom. The van der Waals surface area contributed by atoms with Crippen LogP contribution in [0.3, 0.4) is 0 Å². The number of methoxy groups -OCH3 is 2. The average molecular weight is 434 g/mol. The summed E-state index contributed by atoms with van der Waals surface area (Å²) in [6.07, 6.45) is 3.03. The van der Waals surface area contributed by atoms with Crippen molar-refractivity contribution in [3.05, 3.63) is 52.1 Å². The predicted molar refractivity (Wildman–Crippen MR) is 112 cm³/mol. The second-order valence-corrected chi connectivity index (χ2v) is 8.47. The van der Waals surface area contributed by atoms with Crippen LogP contribution in [0.5, 0.6) is 11.5 Å². The molecule has 2 aromatic rings. The van der Waals surface area contributed by atoms with E-state index in [1.54, 1.807) is 18.2 Å². The second-order valence-electron chi connectivity index (χ2n) is 6.53. The number of nitro benzene ring substituents is 1. The predicted octanol–water partition coefficient (Wildman–Crippen LogP) is 2.84. The minimum atomic E-state index is -3.75. The fourth-order valence-corrected chi connectivity index (χ4v) is 4.64. The van der Waals surface area contributed by atoms with Crippen LogP contribution in [0.15, 0.2) is 46.4 Å². The molecule has 30 heavy (non-hydrogen) atoms. The number of sulfonamides is 1. The smallest absolute Gasteiger partial charge is 0.295 e. The van der Waals surface area contributed by atoms with Crippen molar-refractivity contribution in [2.24, 2.45) is 5.10 Å². The first kappa shape index (κ1) is 21.5. The Morgan fingerprint density at radius 2 is 1.80 bits per heavy atom. The normalized spacial score (nSPS) is 14.7. The molecule has 2 aromatic carbocycles. The summed E-state index contributed by atoms with van der Waals surface area (Å²) < 4.78 is 37.1. The number of hydrogen-bond donors (Lipinski definition) is 1. The van der Waals surface area contributed by atoms with E-state index in [-0.39, 0.29) is 16.3 Å². The summed E-state index contributed by atoms with van der Waals surface area (Å²) in [6, 6.07) is 8.89. The van der Waals surface area contributed by atoms with Gasteiger partial charge in [-0.15, -0.1) is 0 Å². The minimum absolute atomic E-state index is 0.0806. The average Bonchev–Trinajstić information content (AvgIpc) is 3.29. The highest BCUT2D eigenvalue weighted by molar-refractivity contribution is 7.89. The van der Waals surface area contributed by atoms with Gasteiger partial charge in [-0.05, 0) is 48.7 Å². The van der Waals surface area contributed by atoms with Gasteiger partial charge in [-0.3, -0.25) is 15.5 Å². The quantitative estimate of drug-likeness (QED) is 0.385. The standard InChI is InChI=1S/C19H22N4O6S/c1-28-18-8-5-14(11-19(18)29-2)13-20-21-16-7-6-15(12-17(16)23(24)25)30(26,27)22-9-3-4-10-22/h5-8,11-13,21H,3-4,9-10H2,1-2H3/b20-13-. The molecular weight excluding hydrogens is 412 g/mol. The molecule has 1 aliphatic rings. The van der Waals surface area contributed by atoms with E-state index in [0.29, 0.717) is 30.2 Å². The Balaban J connectivity index is 1.82. The third-order valence-electron chi connectivity index (χ3n) is 4.67. The first-order chi connectivity index (χ1) is 14.4.